The van der Waals surface area contributed by atoms with Gasteiger partial charge in [0.25, 0.3) is 10.0 Å². The minimum atomic E-state index is -3.45. The van der Waals surface area contributed by atoms with Crippen molar-refractivity contribution in [3.05, 3.63) is 17.5 Å². The highest BCUT2D eigenvalue weighted by Gasteiger charge is 2.33. The molecule has 0 bridgehead atoms. The first-order chi connectivity index (χ1) is 9.95. The summed E-state index contributed by atoms with van der Waals surface area (Å²) in [5, 5.41) is 4.70. The molecule has 7 heteroatoms. The van der Waals surface area contributed by atoms with Crippen molar-refractivity contribution >= 4 is 27.3 Å². The molecule has 0 aromatic carbocycles. The Morgan fingerprint density at radius 3 is 2.95 bits per heavy atom. The van der Waals surface area contributed by atoms with Crippen molar-refractivity contribution in [3.63, 3.8) is 0 Å². The van der Waals surface area contributed by atoms with E-state index in [2.05, 4.69) is 5.32 Å². The van der Waals surface area contributed by atoms with Crippen LogP contribution in [-0.4, -0.2) is 37.8 Å². The fraction of sp³-hybridized carbons (Fsp3) is 0.643. The minimum absolute atomic E-state index is 0.0320. The number of thiophene rings is 1. The number of piperidine rings is 1. The van der Waals surface area contributed by atoms with Crippen LogP contribution in [0.5, 0.6) is 0 Å². The lowest BCUT2D eigenvalue weighted by atomic mass is 9.98. The van der Waals surface area contributed by atoms with Crippen LogP contribution >= 0.6 is 11.3 Å². The topological polar surface area (TPSA) is 66.5 Å². The van der Waals surface area contributed by atoms with Crippen molar-refractivity contribution < 1.29 is 13.2 Å². The maximum absolute atomic E-state index is 12.5. The average molecular weight is 330 g/mol. The van der Waals surface area contributed by atoms with Gasteiger partial charge in [-0.25, -0.2) is 8.42 Å². The molecule has 0 saturated carbocycles. The molecule has 1 aliphatic heterocycles. The van der Waals surface area contributed by atoms with E-state index in [-0.39, 0.29) is 24.4 Å². The van der Waals surface area contributed by atoms with Crippen LogP contribution in [0.1, 0.15) is 33.1 Å². The first-order valence-electron chi connectivity index (χ1n) is 7.29. The molecule has 5 nitrogen and oxygen atoms in total. The summed E-state index contributed by atoms with van der Waals surface area (Å²) in [5.41, 5.74) is 0. The molecule has 1 aromatic heterocycles. The molecule has 1 fully saturated rings. The molecule has 2 heterocycles. The van der Waals surface area contributed by atoms with Crippen LogP contribution in [-0.2, 0) is 14.8 Å². The average Bonchev–Trinajstić information content (AvgIpc) is 3.02. The second-order valence-corrected chi connectivity index (χ2v) is 8.56. The maximum atomic E-state index is 12.5. The van der Waals surface area contributed by atoms with Gasteiger partial charge in [0.1, 0.15) is 4.21 Å². The summed E-state index contributed by atoms with van der Waals surface area (Å²) >= 11 is 1.22. The molecule has 118 valence electrons. The van der Waals surface area contributed by atoms with E-state index in [9.17, 15) is 13.2 Å². The molecule has 1 N–H and O–H groups in total. The van der Waals surface area contributed by atoms with Gasteiger partial charge in [0, 0.05) is 19.1 Å². The van der Waals surface area contributed by atoms with Crippen molar-refractivity contribution in [2.45, 2.75) is 43.4 Å². The third kappa shape index (κ3) is 3.84. The Morgan fingerprint density at radius 1 is 1.57 bits per heavy atom. The first kappa shape index (κ1) is 16.5. The van der Waals surface area contributed by atoms with Gasteiger partial charge in [-0.3, -0.25) is 4.79 Å². The number of hydrogen-bond acceptors (Lipinski definition) is 4. The van der Waals surface area contributed by atoms with Crippen LogP contribution in [0, 0.1) is 5.92 Å². The summed E-state index contributed by atoms with van der Waals surface area (Å²) in [6, 6.07) is 3.47. The lowest BCUT2D eigenvalue weighted by Crippen LogP contribution is -2.46. The van der Waals surface area contributed by atoms with Gasteiger partial charge in [0.15, 0.2) is 0 Å². The lowest BCUT2D eigenvalue weighted by molar-refractivity contribution is -0.126. The highest BCUT2D eigenvalue weighted by molar-refractivity contribution is 7.91. The van der Waals surface area contributed by atoms with E-state index >= 15 is 0 Å². The fourth-order valence-corrected chi connectivity index (χ4v) is 5.04. The molecule has 2 unspecified atom stereocenters. The number of rotatable bonds is 5. The molecule has 1 amide bonds. The second-order valence-electron chi connectivity index (χ2n) is 5.45. The Hall–Kier alpha value is -0.920. The van der Waals surface area contributed by atoms with Gasteiger partial charge in [-0.05, 0) is 37.6 Å². The summed E-state index contributed by atoms with van der Waals surface area (Å²) in [4.78, 5) is 12.2. The molecule has 21 heavy (non-hydrogen) atoms. The summed E-state index contributed by atoms with van der Waals surface area (Å²) in [6.45, 7) is 4.75. The molecule has 0 spiro atoms. The van der Waals surface area contributed by atoms with E-state index in [1.807, 2.05) is 13.8 Å². The number of amides is 1. The standard InChI is InChI=1S/C14H22N2O3S2/c1-3-11(2)15-14(17)12-6-4-8-16(10-12)21(18,19)13-7-5-9-20-13/h5,7,9,11-12H,3-4,6,8,10H2,1-2H3,(H,15,17). The predicted molar refractivity (Wildman–Crippen MR) is 83.7 cm³/mol. The van der Waals surface area contributed by atoms with Gasteiger partial charge in [-0.15, -0.1) is 11.3 Å². The Kier molecular flexibility index (Phi) is 5.40. The van der Waals surface area contributed by atoms with E-state index in [0.29, 0.717) is 10.8 Å². The SMILES string of the molecule is CCC(C)NC(=O)C1CCCN(S(=O)(=O)c2cccs2)C1. The summed E-state index contributed by atoms with van der Waals surface area (Å²) in [5.74, 6) is -0.280. The molecule has 1 aliphatic rings. The molecule has 1 aromatic rings. The van der Waals surface area contributed by atoms with Gasteiger partial charge in [-0.1, -0.05) is 13.0 Å². The molecule has 1 saturated heterocycles. The van der Waals surface area contributed by atoms with Gasteiger partial charge >= 0.3 is 0 Å². The zero-order valence-corrected chi connectivity index (χ0v) is 14.0. The number of hydrogen-bond donors (Lipinski definition) is 1. The molecule has 0 radical (unpaired) electrons. The Morgan fingerprint density at radius 2 is 2.33 bits per heavy atom. The first-order valence-corrected chi connectivity index (χ1v) is 9.61. The number of nitrogens with zero attached hydrogens (tertiary/aromatic N) is 1. The summed E-state index contributed by atoms with van der Waals surface area (Å²) in [7, 11) is -3.45. The smallest absolute Gasteiger partial charge is 0.252 e. The third-order valence-corrected chi connectivity index (χ3v) is 7.08. The van der Waals surface area contributed by atoms with Crippen LogP contribution in [0.4, 0.5) is 0 Å². The van der Waals surface area contributed by atoms with Crippen molar-refractivity contribution in [3.8, 4) is 0 Å². The van der Waals surface area contributed by atoms with Crippen LogP contribution in [0.2, 0.25) is 0 Å². The van der Waals surface area contributed by atoms with E-state index in [1.54, 1.807) is 17.5 Å². The fourth-order valence-electron chi connectivity index (χ4n) is 2.38. The number of nitrogens with one attached hydrogen (secondary N) is 1. The van der Waals surface area contributed by atoms with Crippen molar-refractivity contribution in [2.24, 2.45) is 5.92 Å². The van der Waals surface area contributed by atoms with Crippen molar-refractivity contribution in [2.75, 3.05) is 13.1 Å². The normalized spacial score (nSPS) is 21.9. The molecular formula is C14H22N2O3S2. The molecule has 2 rings (SSSR count). The molecular weight excluding hydrogens is 308 g/mol. The van der Waals surface area contributed by atoms with Gasteiger partial charge in [0.2, 0.25) is 5.91 Å². The second kappa shape index (κ2) is 6.89. The lowest BCUT2D eigenvalue weighted by Gasteiger charge is -2.31. The predicted octanol–water partition coefficient (Wildman–Crippen LogP) is 2.06. The third-order valence-electron chi connectivity index (χ3n) is 3.85. The molecule has 2 atom stereocenters. The molecule has 0 aliphatic carbocycles. The Bertz CT molecular complexity index is 569. The monoisotopic (exact) mass is 330 g/mol. The van der Waals surface area contributed by atoms with E-state index in [4.69, 9.17) is 0 Å². The summed E-state index contributed by atoms with van der Waals surface area (Å²) in [6.07, 6.45) is 2.34. The highest BCUT2D eigenvalue weighted by Crippen LogP contribution is 2.26. The number of carbonyl (C=O) groups is 1. The van der Waals surface area contributed by atoms with Crippen LogP contribution in [0.3, 0.4) is 0 Å². The Labute approximate surface area is 130 Å². The number of sulfonamides is 1. The Balaban J connectivity index is 2.06. The largest absolute Gasteiger partial charge is 0.353 e. The van der Waals surface area contributed by atoms with Crippen LogP contribution in [0.15, 0.2) is 21.7 Å². The van der Waals surface area contributed by atoms with E-state index < -0.39 is 10.0 Å². The van der Waals surface area contributed by atoms with E-state index in [0.717, 1.165) is 19.3 Å². The van der Waals surface area contributed by atoms with Crippen LogP contribution in [0.25, 0.3) is 0 Å². The zero-order chi connectivity index (χ0) is 15.5. The van der Waals surface area contributed by atoms with Gasteiger partial charge in [0.05, 0.1) is 5.92 Å². The van der Waals surface area contributed by atoms with Crippen molar-refractivity contribution in [1.29, 1.82) is 0 Å². The quantitative estimate of drug-likeness (QED) is 0.899. The summed E-state index contributed by atoms with van der Waals surface area (Å²) < 4.78 is 26.8. The minimum Gasteiger partial charge on any atom is -0.353 e. The van der Waals surface area contributed by atoms with Gasteiger partial charge in [-0.2, -0.15) is 4.31 Å². The van der Waals surface area contributed by atoms with Crippen LogP contribution < -0.4 is 5.32 Å². The zero-order valence-electron chi connectivity index (χ0n) is 12.4. The van der Waals surface area contributed by atoms with E-state index in [1.165, 1.54) is 15.6 Å². The highest BCUT2D eigenvalue weighted by atomic mass is 32.2. The van der Waals surface area contributed by atoms with Gasteiger partial charge < -0.3 is 5.32 Å². The maximum Gasteiger partial charge on any atom is 0.252 e. The van der Waals surface area contributed by atoms with Crippen molar-refractivity contribution in [1.82, 2.24) is 9.62 Å². The number of carbonyl (C=O) groups excluding carboxylic acids is 1.